The number of piperazine rings is 1. The number of carboxylic acid groups (broad SMARTS) is 2. The van der Waals surface area contributed by atoms with Crippen molar-refractivity contribution in [2.75, 3.05) is 43.0 Å². The lowest BCUT2D eigenvalue weighted by Gasteiger charge is -2.40. The summed E-state index contributed by atoms with van der Waals surface area (Å²) >= 11 is 0. The van der Waals surface area contributed by atoms with Crippen LogP contribution in [-0.2, 0) is 24.2 Å². The molecule has 0 bridgehead atoms. The van der Waals surface area contributed by atoms with Gasteiger partial charge in [0.05, 0.1) is 17.9 Å². The van der Waals surface area contributed by atoms with E-state index in [1.165, 1.54) is 0 Å². The van der Waals surface area contributed by atoms with Crippen LogP contribution in [0.2, 0.25) is 0 Å². The molecule has 12 heteroatoms. The Balaban J connectivity index is 1.49. The number of carbonyl (C=O) groups excluding carboxylic acids is 1. The first-order chi connectivity index (χ1) is 16.1. The predicted octanol–water partition coefficient (Wildman–Crippen LogP) is 0.902. The fraction of sp³-hybridized carbons (Fsp3) is 0.500. The highest BCUT2D eigenvalue weighted by Gasteiger charge is 2.37. The van der Waals surface area contributed by atoms with Gasteiger partial charge in [0.25, 0.3) is 0 Å². The van der Waals surface area contributed by atoms with Gasteiger partial charge in [0.1, 0.15) is 6.04 Å². The van der Waals surface area contributed by atoms with E-state index in [-0.39, 0.29) is 30.4 Å². The van der Waals surface area contributed by atoms with Crippen LogP contribution in [0.5, 0.6) is 0 Å². The molecule has 11 nitrogen and oxygen atoms in total. The number of nitrogens with zero attached hydrogens (tertiary/aromatic N) is 2. The highest BCUT2D eigenvalue weighted by molar-refractivity contribution is 7.91. The van der Waals surface area contributed by atoms with Gasteiger partial charge in [0.2, 0.25) is 5.91 Å². The zero-order chi connectivity index (χ0) is 24.5. The number of H-pyrrole nitrogens is 1. The highest BCUT2D eigenvalue weighted by atomic mass is 32.2. The lowest BCUT2D eigenvalue weighted by Crippen LogP contribution is -2.52. The van der Waals surface area contributed by atoms with Crippen LogP contribution < -0.4 is 5.32 Å². The number of carbonyl (C=O) groups is 3. The second-order valence-corrected chi connectivity index (χ2v) is 11.0. The Hall–Kier alpha value is -2.96. The number of rotatable bonds is 8. The Morgan fingerprint density at radius 3 is 2.47 bits per heavy atom. The third kappa shape index (κ3) is 5.40. The third-order valence-corrected chi connectivity index (χ3v) is 8.28. The van der Waals surface area contributed by atoms with E-state index in [0.717, 1.165) is 5.52 Å². The minimum Gasteiger partial charge on any atom is -0.481 e. The van der Waals surface area contributed by atoms with Gasteiger partial charge in [0, 0.05) is 67.0 Å². The number of nitrogens with one attached hydrogen (secondary N) is 2. The van der Waals surface area contributed by atoms with Crippen molar-refractivity contribution in [3.63, 3.8) is 0 Å². The number of aliphatic carboxylic acids is 2. The number of fused-ring (bicyclic) bond motifs is 1. The van der Waals surface area contributed by atoms with Crippen molar-refractivity contribution in [3.05, 3.63) is 30.0 Å². The quantitative estimate of drug-likeness (QED) is 0.420. The number of carboxylic acids is 2. The number of sulfone groups is 1. The molecule has 0 radical (unpaired) electrons. The van der Waals surface area contributed by atoms with Gasteiger partial charge in [0.15, 0.2) is 9.84 Å². The zero-order valence-corrected chi connectivity index (χ0v) is 19.4. The van der Waals surface area contributed by atoms with Crippen LogP contribution in [0.25, 0.3) is 10.9 Å². The molecule has 3 heterocycles. The molecule has 1 amide bonds. The molecule has 0 saturated carbocycles. The van der Waals surface area contributed by atoms with Crippen molar-refractivity contribution in [3.8, 4) is 0 Å². The Kier molecular flexibility index (Phi) is 6.91. The normalized spacial score (nSPS) is 21.9. The van der Waals surface area contributed by atoms with Gasteiger partial charge in [-0.15, -0.1) is 0 Å². The Morgan fingerprint density at radius 2 is 1.85 bits per heavy atom. The topological polar surface area (TPSA) is 160 Å². The minimum absolute atomic E-state index is 0.00388. The molecule has 0 aliphatic carbocycles. The Labute approximate surface area is 196 Å². The summed E-state index contributed by atoms with van der Waals surface area (Å²) < 4.78 is 23.6. The van der Waals surface area contributed by atoms with E-state index in [4.69, 9.17) is 5.11 Å². The van der Waals surface area contributed by atoms with Crippen molar-refractivity contribution < 1.29 is 33.0 Å². The van der Waals surface area contributed by atoms with Crippen LogP contribution in [0.3, 0.4) is 0 Å². The van der Waals surface area contributed by atoms with Gasteiger partial charge >= 0.3 is 11.9 Å². The minimum atomic E-state index is -2.98. The summed E-state index contributed by atoms with van der Waals surface area (Å²) in [4.78, 5) is 42.1. The average Bonchev–Trinajstić information content (AvgIpc) is 3.35. The summed E-state index contributed by atoms with van der Waals surface area (Å²) in [7, 11) is -2.98. The molecule has 34 heavy (non-hydrogen) atoms. The highest BCUT2D eigenvalue weighted by Crippen LogP contribution is 2.32. The molecule has 2 fully saturated rings. The second-order valence-electron chi connectivity index (χ2n) is 8.82. The van der Waals surface area contributed by atoms with Crippen LogP contribution >= 0.6 is 0 Å². The zero-order valence-electron chi connectivity index (χ0n) is 18.6. The Bertz CT molecular complexity index is 1200. The van der Waals surface area contributed by atoms with Crippen molar-refractivity contribution in [1.29, 1.82) is 0 Å². The smallest absolute Gasteiger partial charge is 0.325 e. The lowest BCUT2D eigenvalue weighted by molar-refractivity contribution is -0.144. The van der Waals surface area contributed by atoms with Crippen molar-refractivity contribution in [2.45, 2.75) is 31.3 Å². The van der Waals surface area contributed by atoms with E-state index in [9.17, 15) is 27.9 Å². The van der Waals surface area contributed by atoms with Crippen LogP contribution in [-0.4, -0.2) is 95.0 Å². The van der Waals surface area contributed by atoms with E-state index in [0.29, 0.717) is 49.2 Å². The van der Waals surface area contributed by atoms with E-state index in [1.54, 1.807) is 24.4 Å². The van der Waals surface area contributed by atoms with E-state index in [2.05, 4.69) is 15.2 Å². The predicted molar refractivity (Wildman–Crippen MR) is 124 cm³/mol. The number of anilines is 1. The lowest BCUT2D eigenvalue weighted by atomic mass is 10.0. The molecule has 2 saturated heterocycles. The van der Waals surface area contributed by atoms with Gasteiger partial charge in [-0.1, -0.05) is 0 Å². The van der Waals surface area contributed by atoms with E-state index < -0.39 is 33.7 Å². The maximum atomic E-state index is 12.3. The summed E-state index contributed by atoms with van der Waals surface area (Å²) in [5, 5.41) is 22.1. The third-order valence-electron chi connectivity index (χ3n) is 6.53. The van der Waals surface area contributed by atoms with Gasteiger partial charge in [-0.25, -0.2) is 8.42 Å². The fourth-order valence-electron chi connectivity index (χ4n) is 4.80. The summed E-state index contributed by atoms with van der Waals surface area (Å²) in [6.07, 6.45) is 1.85. The standard InChI is InChI=1S/C22H28N4O7S/c27-19(3-4-20(28)29)24-14-1-2-18-16(11-14)17(12-23-18)21(22(30)31)26-8-6-25(7-9-26)15-5-10-34(32,33)13-15/h1-2,11-12,15,21,23H,3-10,13H2,(H,24,27)(H,28,29)(H,30,31)/t15-,21+/m1/s1. The summed E-state index contributed by atoms with van der Waals surface area (Å²) in [6, 6.07) is 4.20. The second kappa shape index (κ2) is 9.72. The van der Waals surface area contributed by atoms with Crippen LogP contribution in [0.15, 0.2) is 24.4 Å². The van der Waals surface area contributed by atoms with E-state index in [1.807, 2.05) is 4.90 Å². The van der Waals surface area contributed by atoms with Gasteiger partial charge in [-0.3, -0.25) is 24.2 Å². The molecule has 0 spiro atoms. The fourth-order valence-corrected chi connectivity index (χ4v) is 6.56. The summed E-state index contributed by atoms with van der Waals surface area (Å²) in [6.45, 7) is 2.17. The molecular formula is C22H28N4O7S. The first-order valence-corrected chi connectivity index (χ1v) is 13.0. The largest absolute Gasteiger partial charge is 0.481 e. The molecule has 0 unspecified atom stereocenters. The monoisotopic (exact) mass is 492 g/mol. The number of benzene rings is 1. The molecule has 2 aliphatic rings. The molecule has 184 valence electrons. The van der Waals surface area contributed by atoms with Crippen LogP contribution in [0.4, 0.5) is 5.69 Å². The Morgan fingerprint density at radius 1 is 1.12 bits per heavy atom. The van der Waals surface area contributed by atoms with Gasteiger partial charge < -0.3 is 20.5 Å². The summed E-state index contributed by atoms with van der Waals surface area (Å²) in [5.41, 5.74) is 1.75. The number of amides is 1. The first kappa shape index (κ1) is 24.2. The van der Waals surface area contributed by atoms with Crippen molar-refractivity contribution in [2.24, 2.45) is 0 Å². The average molecular weight is 493 g/mol. The number of hydrogen-bond donors (Lipinski definition) is 4. The number of hydrogen-bond acceptors (Lipinski definition) is 7. The summed E-state index contributed by atoms with van der Waals surface area (Å²) in [5.74, 6) is -2.11. The number of aromatic amines is 1. The molecule has 1 aromatic heterocycles. The molecule has 4 rings (SSSR count). The molecule has 1 aromatic carbocycles. The molecule has 2 aromatic rings. The SMILES string of the molecule is O=C(O)CCC(=O)Nc1ccc2[nH]cc([C@@H](C(=O)O)N3CCN([C@@H]4CCS(=O)(=O)C4)CC3)c2c1. The first-order valence-electron chi connectivity index (χ1n) is 11.2. The molecule has 4 N–H and O–H groups in total. The van der Waals surface area contributed by atoms with Gasteiger partial charge in [-0.2, -0.15) is 0 Å². The van der Waals surface area contributed by atoms with Crippen LogP contribution in [0.1, 0.15) is 30.9 Å². The molecule has 2 aliphatic heterocycles. The molecular weight excluding hydrogens is 464 g/mol. The van der Waals surface area contributed by atoms with Gasteiger partial charge in [-0.05, 0) is 24.6 Å². The van der Waals surface area contributed by atoms with Crippen molar-refractivity contribution >= 4 is 44.3 Å². The maximum Gasteiger partial charge on any atom is 0.325 e. The molecule has 2 atom stereocenters. The number of aromatic nitrogens is 1. The van der Waals surface area contributed by atoms with Crippen LogP contribution in [0, 0.1) is 0 Å². The van der Waals surface area contributed by atoms with E-state index >= 15 is 0 Å². The van der Waals surface area contributed by atoms with Crippen molar-refractivity contribution in [1.82, 2.24) is 14.8 Å². The maximum absolute atomic E-state index is 12.3.